The first-order chi connectivity index (χ1) is 9.10. The summed E-state index contributed by atoms with van der Waals surface area (Å²) in [7, 11) is 0. The average molecular weight is 263 g/mol. The minimum Gasteiger partial charge on any atom is -0.494 e. The summed E-state index contributed by atoms with van der Waals surface area (Å²) in [5, 5.41) is 0. The maximum absolute atomic E-state index is 13.2. The summed E-state index contributed by atoms with van der Waals surface area (Å²) in [5.41, 5.74) is 7.18. The molecular formula is C15H15F2NO. The Hall–Kier alpha value is -1.94. The summed E-state index contributed by atoms with van der Waals surface area (Å²) < 4.78 is 31.6. The molecule has 4 heteroatoms. The normalized spacial score (nSPS) is 12.2. The Morgan fingerprint density at radius 1 is 1.00 bits per heavy atom. The standard InChI is InChI=1S/C15H15F2NO/c1-2-19-14-5-3-10(4-6-14)15(18)11-7-12(16)9-13(17)8-11/h3-9,15H,2,18H2,1H3. The van der Waals surface area contributed by atoms with Gasteiger partial charge in [-0.25, -0.2) is 8.78 Å². The van der Waals surface area contributed by atoms with Gasteiger partial charge < -0.3 is 10.5 Å². The molecule has 0 spiro atoms. The third-order valence-corrected chi connectivity index (χ3v) is 2.79. The molecule has 0 aliphatic carbocycles. The number of hydrogen-bond donors (Lipinski definition) is 1. The van der Waals surface area contributed by atoms with Gasteiger partial charge in [0.1, 0.15) is 17.4 Å². The molecule has 0 amide bonds. The molecule has 0 aliphatic heterocycles. The summed E-state index contributed by atoms with van der Waals surface area (Å²) in [6, 6.07) is 9.89. The van der Waals surface area contributed by atoms with E-state index in [4.69, 9.17) is 10.5 Å². The summed E-state index contributed by atoms with van der Waals surface area (Å²) in [6.07, 6.45) is 0. The number of halogens is 2. The van der Waals surface area contributed by atoms with Crippen molar-refractivity contribution in [3.8, 4) is 5.75 Å². The van der Waals surface area contributed by atoms with E-state index in [2.05, 4.69) is 0 Å². The third-order valence-electron chi connectivity index (χ3n) is 2.79. The molecule has 0 bridgehead atoms. The molecule has 2 aromatic rings. The van der Waals surface area contributed by atoms with Crippen LogP contribution in [0.15, 0.2) is 42.5 Å². The van der Waals surface area contributed by atoms with E-state index >= 15 is 0 Å². The number of rotatable bonds is 4. The topological polar surface area (TPSA) is 35.2 Å². The van der Waals surface area contributed by atoms with Crippen LogP contribution in [0.25, 0.3) is 0 Å². The fourth-order valence-electron chi connectivity index (χ4n) is 1.89. The van der Waals surface area contributed by atoms with E-state index in [0.717, 1.165) is 17.4 Å². The molecule has 0 aliphatic rings. The predicted molar refractivity (Wildman–Crippen MR) is 70.0 cm³/mol. The molecule has 0 fully saturated rings. The van der Waals surface area contributed by atoms with Crippen LogP contribution in [0.5, 0.6) is 5.75 Å². The second-order valence-electron chi connectivity index (χ2n) is 4.18. The van der Waals surface area contributed by atoms with Gasteiger partial charge in [0.25, 0.3) is 0 Å². The monoisotopic (exact) mass is 263 g/mol. The van der Waals surface area contributed by atoms with Gasteiger partial charge in [-0.15, -0.1) is 0 Å². The molecule has 0 radical (unpaired) electrons. The highest BCUT2D eigenvalue weighted by Gasteiger charge is 2.11. The Bertz CT molecular complexity index is 534. The lowest BCUT2D eigenvalue weighted by Gasteiger charge is -2.13. The molecular weight excluding hydrogens is 248 g/mol. The second-order valence-corrected chi connectivity index (χ2v) is 4.18. The van der Waals surface area contributed by atoms with Gasteiger partial charge in [-0.3, -0.25) is 0 Å². The summed E-state index contributed by atoms with van der Waals surface area (Å²) in [5.74, 6) is -0.517. The van der Waals surface area contributed by atoms with Crippen LogP contribution in [0.4, 0.5) is 8.78 Å². The molecule has 2 aromatic carbocycles. The fourth-order valence-corrected chi connectivity index (χ4v) is 1.89. The van der Waals surface area contributed by atoms with Crippen molar-refractivity contribution in [2.75, 3.05) is 6.61 Å². The summed E-state index contributed by atoms with van der Waals surface area (Å²) in [6.45, 7) is 2.48. The lowest BCUT2D eigenvalue weighted by Crippen LogP contribution is -2.12. The molecule has 1 atom stereocenters. The summed E-state index contributed by atoms with van der Waals surface area (Å²) >= 11 is 0. The van der Waals surface area contributed by atoms with Crippen molar-refractivity contribution >= 4 is 0 Å². The highest BCUT2D eigenvalue weighted by atomic mass is 19.1. The third kappa shape index (κ3) is 3.29. The van der Waals surface area contributed by atoms with Crippen LogP contribution < -0.4 is 10.5 Å². The number of nitrogens with two attached hydrogens (primary N) is 1. The fraction of sp³-hybridized carbons (Fsp3) is 0.200. The number of ether oxygens (including phenoxy) is 1. The minimum atomic E-state index is -0.628. The van der Waals surface area contributed by atoms with Crippen molar-refractivity contribution in [1.82, 2.24) is 0 Å². The first kappa shape index (κ1) is 13.5. The molecule has 0 saturated carbocycles. The van der Waals surface area contributed by atoms with Gasteiger partial charge in [-0.05, 0) is 42.3 Å². The molecule has 2 rings (SSSR count). The Balaban J connectivity index is 2.25. The molecule has 0 saturated heterocycles. The quantitative estimate of drug-likeness (QED) is 0.917. The summed E-state index contributed by atoms with van der Waals surface area (Å²) in [4.78, 5) is 0. The highest BCUT2D eigenvalue weighted by Crippen LogP contribution is 2.23. The van der Waals surface area contributed by atoms with Crippen LogP contribution in [-0.4, -0.2) is 6.61 Å². The maximum atomic E-state index is 13.2. The first-order valence-corrected chi connectivity index (χ1v) is 6.04. The highest BCUT2D eigenvalue weighted by molar-refractivity contribution is 5.35. The van der Waals surface area contributed by atoms with Crippen LogP contribution in [0.2, 0.25) is 0 Å². The van der Waals surface area contributed by atoms with E-state index in [9.17, 15) is 8.78 Å². The average Bonchev–Trinajstić information content (AvgIpc) is 2.38. The first-order valence-electron chi connectivity index (χ1n) is 6.04. The van der Waals surface area contributed by atoms with E-state index in [0.29, 0.717) is 12.2 Å². The largest absolute Gasteiger partial charge is 0.494 e. The SMILES string of the molecule is CCOc1ccc(C(N)c2cc(F)cc(F)c2)cc1. The van der Waals surface area contributed by atoms with Crippen LogP contribution in [0, 0.1) is 11.6 Å². The van der Waals surface area contributed by atoms with Crippen molar-refractivity contribution in [3.63, 3.8) is 0 Å². The smallest absolute Gasteiger partial charge is 0.126 e. The van der Waals surface area contributed by atoms with E-state index in [1.54, 1.807) is 24.3 Å². The van der Waals surface area contributed by atoms with Gasteiger partial charge in [0.2, 0.25) is 0 Å². The van der Waals surface area contributed by atoms with Gasteiger partial charge in [-0.1, -0.05) is 12.1 Å². The molecule has 0 heterocycles. The zero-order valence-electron chi connectivity index (χ0n) is 10.6. The Morgan fingerprint density at radius 2 is 1.58 bits per heavy atom. The zero-order valence-corrected chi connectivity index (χ0v) is 10.6. The molecule has 2 nitrogen and oxygen atoms in total. The van der Waals surface area contributed by atoms with E-state index in [-0.39, 0.29) is 0 Å². The van der Waals surface area contributed by atoms with Crippen molar-refractivity contribution in [3.05, 3.63) is 65.2 Å². The van der Waals surface area contributed by atoms with Crippen molar-refractivity contribution in [2.24, 2.45) is 5.73 Å². The van der Waals surface area contributed by atoms with Crippen LogP contribution in [0.1, 0.15) is 24.1 Å². The van der Waals surface area contributed by atoms with Crippen molar-refractivity contribution < 1.29 is 13.5 Å². The minimum absolute atomic E-state index is 0.404. The van der Waals surface area contributed by atoms with Crippen molar-refractivity contribution in [2.45, 2.75) is 13.0 Å². The van der Waals surface area contributed by atoms with Crippen LogP contribution in [-0.2, 0) is 0 Å². The van der Waals surface area contributed by atoms with Gasteiger partial charge in [0, 0.05) is 6.07 Å². The predicted octanol–water partition coefficient (Wildman–Crippen LogP) is 3.41. The van der Waals surface area contributed by atoms with Crippen LogP contribution >= 0.6 is 0 Å². The van der Waals surface area contributed by atoms with Crippen LogP contribution in [0.3, 0.4) is 0 Å². The van der Waals surface area contributed by atoms with E-state index in [1.807, 2.05) is 6.92 Å². The number of benzene rings is 2. The van der Waals surface area contributed by atoms with Gasteiger partial charge in [0.15, 0.2) is 0 Å². The second kappa shape index (κ2) is 5.80. The Morgan fingerprint density at radius 3 is 2.11 bits per heavy atom. The molecule has 0 aromatic heterocycles. The number of hydrogen-bond acceptors (Lipinski definition) is 2. The lowest BCUT2D eigenvalue weighted by atomic mass is 9.99. The molecule has 19 heavy (non-hydrogen) atoms. The zero-order chi connectivity index (χ0) is 13.8. The Kier molecular flexibility index (Phi) is 4.12. The molecule has 2 N–H and O–H groups in total. The molecule has 100 valence electrons. The Labute approximate surface area is 110 Å². The van der Waals surface area contributed by atoms with E-state index in [1.165, 1.54) is 12.1 Å². The van der Waals surface area contributed by atoms with E-state index < -0.39 is 17.7 Å². The lowest BCUT2D eigenvalue weighted by molar-refractivity contribution is 0.340. The maximum Gasteiger partial charge on any atom is 0.126 e. The van der Waals surface area contributed by atoms with Gasteiger partial charge in [0.05, 0.1) is 12.6 Å². The molecule has 1 unspecified atom stereocenters. The van der Waals surface area contributed by atoms with Gasteiger partial charge in [-0.2, -0.15) is 0 Å². The van der Waals surface area contributed by atoms with Crippen molar-refractivity contribution in [1.29, 1.82) is 0 Å². The van der Waals surface area contributed by atoms with Gasteiger partial charge >= 0.3 is 0 Å².